The Morgan fingerprint density at radius 3 is 2.82 bits per heavy atom. The fourth-order valence-electron chi connectivity index (χ4n) is 1.55. The predicted octanol–water partition coefficient (Wildman–Crippen LogP) is 1.44. The zero-order valence-electron chi connectivity index (χ0n) is 9.89. The number of methoxy groups -OCH3 is 1. The van der Waals surface area contributed by atoms with E-state index in [4.69, 9.17) is 19.9 Å². The second-order valence-electron chi connectivity index (χ2n) is 3.83. The highest BCUT2D eigenvalue weighted by Crippen LogP contribution is 2.30. The van der Waals surface area contributed by atoms with Crippen molar-refractivity contribution in [3.8, 4) is 11.5 Å². The van der Waals surface area contributed by atoms with Gasteiger partial charge in [0.1, 0.15) is 6.10 Å². The average molecular weight is 235 g/mol. The molecule has 4 heteroatoms. The lowest BCUT2D eigenvalue weighted by Gasteiger charge is -2.27. The van der Waals surface area contributed by atoms with Gasteiger partial charge in [0.25, 0.3) is 0 Å². The minimum atomic E-state index is 0.137. The molecule has 4 nitrogen and oxygen atoms in total. The fourth-order valence-corrected chi connectivity index (χ4v) is 1.55. The second kappa shape index (κ2) is 5.70. The molecule has 0 aromatic heterocycles. The lowest BCUT2D eigenvalue weighted by molar-refractivity contribution is -0.0803. The second-order valence-corrected chi connectivity index (χ2v) is 3.83. The number of ether oxygens (including phenoxy) is 3. The van der Waals surface area contributed by atoms with Gasteiger partial charge in [-0.05, 0) is 17.7 Å². The largest absolute Gasteiger partial charge is 0.493 e. The van der Waals surface area contributed by atoms with E-state index >= 15 is 0 Å². The minimum absolute atomic E-state index is 0.137. The van der Waals surface area contributed by atoms with Gasteiger partial charge in [-0.1, -0.05) is 18.2 Å². The van der Waals surface area contributed by atoms with Crippen LogP contribution in [0.3, 0.4) is 0 Å². The van der Waals surface area contributed by atoms with Gasteiger partial charge in [-0.3, -0.25) is 0 Å². The molecular formula is C13H17NO3. The van der Waals surface area contributed by atoms with E-state index in [1.807, 2.05) is 30.4 Å². The first-order chi connectivity index (χ1) is 8.33. The molecule has 0 saturated carbocycles. The number of rotatable bonds is 5. The van der Waals surface area contributed by atoms with E-state index in [-0.39, 0.29) is 6.10 Å². The minimum Gasteiger partial charge on any atom is -0.493 e. The van der Waals surface area contributed by atoms with Gasteiger partial charge in [-0.2, -0.15) is 0 Å². The maximum Gasteiger partial charge on any atom is 0.162 e. The summed E-state index contributed by atoms with van der Waals surface area (Å²) in [5.74, 6) is 1.49. The Balaban J connectivity index is 2.15. The summed E-state index contributed by atoms with van der Waals surface area (Å²) in [6.45, 7) is 1.82. The molecule has 92 valence electrons. The van der Waals surface area contributed by atoms with E-state index in [1.54, 1.807) is 7.11 Å². The molecule has 0 bridgehead atoms. The van der Waals surface area contributed by atoms with E-state index in [0.29, 0.717) is 19.8 Å². The van der Waals surface area contributed by atoms with Gasteiger partial charge in [-0.15, -0.1) is 0 Å². The van der Waals surface area contributed by atoms with Crippen molar-refractivity contribution in [2.45, 2.75) is 6.10 Å². The van der Waals surface area contributed by atoms with Crippen LogP contribution < -0.4 is 15.2 Å². The third-order valence-electron chi connectivity index (χ3n) is 2.54. The number of nitrogens with two attached hydrogens (primary N) is 1. The van der Waals surface area contributed by atoms with Crippen molar-refractivity contribution < 1.29 is 14.2 Å². The van der Waals surface area contributed by atoms with E-state index < -0.39 is 0 Å². The van der Waals surface area contributed by atoms with Gasteiger partial charge < -0.3 is 19.9 Å². The van der Waals surface area contributed by atoms with Crippen LogP contribution in [-0.4, -0.2) is 33.0 Å². The lowest BCUT2D eigenvalue weighted by atomic mass is 10.2. The molecule has 1 saturated heterocycles. The van der Waals surface area contributed by atoms with Crippen LogP contribution in [0.4, 0.5) is 0 Å². The van der Waals surface area contributed by atoms with Crippen LogP contribution in [0, 0.1) is 0 Å². The van der Waals surface area contributed by atoms with E-state index in [1.165, 1.54) is 0 Å². The van der Waals surface area contributed by atoms with Crippen LogP contribution in [0.1, 0.15) is 5.56 Å². The van der Waals surface area contributed by atoms with Crippen LogP contribution >= 0.6 is 0 Å². The van der Waals surface area contributed by atoms with Crippen LogP contribution in [0.25, 0.3) is 6.08 Å². The summed E-state index contributed by atoms with van der Waals surface area (Å²) in [4.78, 5) is 0. The summed E-state index contributed by atoms with van der Waals surface area (Å²) in [6, 6.07) is 5.81. The van der Waals surface area contributed by atoms with Gasteiger partial charge >= 0.3 is 0 Å². The zero-order valence-corrected chi connectivity index (χ0v) is 9.89. The molecule has 0 spiro atoms. The number of hydrogen-bond acceptors (Lipinski definition) is 4. The van der Waals surface area contributed by atoms with Crippen molar-refractivity contribution in [2.24, 2.45) is 5.73 Å². The molecule has 1 aromatic carbocycles. The summed E-state index contributed by atoms with van der Waals surface area (Å²) in [5.41, 5.74) is 6.47. The maximum atomic E-state index is 5.78. The normalized spacial score (nSPS) is 15.9. The topological polar surface area (TPSA) is 53.7 Å². The van der Waals surface area contributed by atoms with E-state index in [0.717, 1.165) is 17.1 Å². The van der Waals surface area contributed by atoms with Crippen molar-refractivity contribution in [1.82, 2.24) is 0 Å². The Kier molecular flexibility index (Phi) is 4.01. The highest BCUT2D eigenvalue weighted by Gasteiger charge is 2.21. The number of benzene rings is 1. The third kappa shape index (κ3) is 2.99. The molecule has 0 amide bonds. The molecule has 1 heterocycles. The Hall–Kier alpha value is -1.52. The molecule has 1 aromatic rings. The fraction of sp³-hybridized carbons (Fsp3) is 0.385. The Morgan fingerprint density at radius 1 is 1.41 bits per heavy atom. The molecule has 0 aliphatic carbocycles. The van der Waals surface area contributed by atoms with Crippen molar-refractivity contribution in [3.05, 3.63) is 29.8 Å². The van der Waals surface area contributed by atoms with Crippen molar-refractivity contribution in [2.75, 3.05) is 26.9 Å². The summed E-state index contributed by atoms with van der Waals surface area (Å²) < 4.78 is 16.1. The quantitative estimate of drug-likeness (QED) is 0.839. The maximum absolute atomic E-state index is 5.78. The van der Waals surface area contributed by atoms with E-state index in [2.05, 4.69) is 0 Å². The Morgan fingerprint density at radius 2 is 2.24 bits per heavy atom. The first kappa shape index (κ1) is 12.0. The van der Waals surface area contributed by atoms with E-state index in [9.17, 15) is 0 Å². The SMILES string of the molecule is COc1ccc(/C=C/CN)cc1OC1COC1. The highest BCUT2D eigenvalue weighted by atomic mass is 16.6. The van der Waals surface area contributed by atoms with Crippen LogP contribution in [-0.2, 0) is 4.74 Å². The summed E-state index contributed by atoms with van der Waals surface area (Å²) in [7, 11) is 1.63. The lowest BCUT2D eigenvalue weighted by Crippen LogP contribution is -2.38. The predicted molar refractivity (Wildman–Crippen MR) is 66.3 cm³/mol. The molecule has 1 fully saturated rings. The Bertz CT molecular complexity index is 400. The molecule has 17 heavy (non-hydrogen) atoms. The van der Waals surface area contributed by atoms with Crippen LogP contribution in [0.15, 0.2) is 24.3 Å². The molecule has 2 rings (SSSR count). The van der Waals surface area contributed by atoms with Gasteiger partial charge in [-0.25, -0.2) is 0 Å². The molecule has 0 radical (unpaired) electrons. The van der Waals surface area contributed by atoms with Gasteiger partial charge in [0.15, 0.2) is 11.5 Å². The van der Waals surface area contributed by atoms with Crippen molar-refractivity contribution >= 4 is 6.08 Å². The molecular weight excluding hydrogens is 218 g/mol. The summed E-state index contributed by atoms with van der Waals surface area (Å²) in [6.07, 6.45) is 4.00. The summed E-state index contributed by atoms with van der Waals surface area (Å²) in [5, 5.41) is 0. The Labute approximate surface area is 101 Å². The molecule has 0 unspecified atom stereocenters. The monoisotopic (exact) mass is 235 g/mol. The molecule has 1 aliphatic rings. The van der Waals surface area contributed by atoms with Gasteiger partial charge in [0, 0.05) is 6.54 Å². The molecule has 2 N–H and O–H groups in total. The smallest absolute Gasteiger partial charge is 0.162 e. The highest BCUT2D eigenvalue weighted by molar-refractivity contribution is 5.56. The third-order valence-corrected chi connectivity index (χ3v) is 2.54. The van der Waals surface area contributed by atoms with Crippen LogP contribution in [0.2, 0.25) is 0 Å². The number of hydrogen-bond donors (Lipinski definition) is 1. The molecule has 0 atom stereocenters. The van der Waals surface area contributed by atoms with Gasteiger partial charge in [0.05, 0.1) is 20.3 Å². The average Bonchev–Trinajstić information content (AvgIpc) is 2.31. The molecule has 1 aliphatic heterocycles. The summed E-state index contributed by atoms with van der Waals surface area (Å²) >= 11 is 0. The zero-order chi connectivity index (χ0) is 12.1. The van der Waals surface area contributed by atoms with Crippen LogP contribution in [0.5, 0.6) is 11.5 Å². The first-order valence-electron chi connectivity index (χ1n) is 5.62. The van der Waals surface area contributed by atoms with Crippen molar-refractivity contribution in [1.29, 1.82) is 0 Å². The standard InChI is InChI=1S/C13H17NO3/c1-15-12-5-4-10(3-2-6-14)7-13(12)17-11-8-16-9-11/h2-5,7,11H,6,8-9,14H2,1H3/b3-2+. The first-order valence-corrected chi connectivity index (χ1v) is 5.62. The van der Waals surface area contributed by atoms with Crippen molar-refractivity contribution in [3.63, 3.8) is 0 Å². The van der Waals surface area contributed by atoms with Gasteiger partial charge in [0.2, 0.25) is 0 Å².